The molecule has 1 saturated heterocycles. The monoisotopic (exact) mass is 215 g/mol. The number of hydrogen-bond acceptors (Lipinski definition) is 3. The van der Waals surface area contributed by atoms with Gasteiger partial charge in [0, 0.05) is 7.05 Å². The lowest BCUT2D eigenvalue weighted by Crippen LogP contribution is -2.49. The van der Waals surface area contributed by atoms with Gasteiger partial charge in [-0.05, 0) is 12.8 Å². The van der Waals surface area contributed by atoms with E-state index in [1.54, 1.807) is 0 Å². The van der Waals surface area contributed by atoms with Crippen molar-refractivity contribution >= 4 is 17.9 Å². The molecule has 1 aliphatic rings. The number of rotatable bonds is 2. The average Bonchev–Trinajstić information content (AvgIpc) is 2.60. The average molecular weight is 215 g/mol. The van der Waals surface area contributed by atoms with E-state index in [4.69, 9.17) is 15.9 Å². The van der Waals surface area contributed by atoms with E-state index in [0.29, 0.717) is 6.42 Å². The van der Waals surface area contributed by atoms with Crippen molar-refractivity contribution in [1.29, 1.82) is 0 Å². The molecule has 84 valence electrons. The lowest BCUT2D eigenvalue weighted by atomic mass is 10.2. The van der Waals surface area contributed by atoms with Crippen LogP contribution in [0.1, 0.15) is 12.8 Å². The SMILES string of the molecule is CN=C(N)C1CCC(C(=O)O)N1C(=O)O. The second kappa shape index (κ2) is 4.16. The van der Waals surface area contributed by atoms with Crippen molar-refractivity contribution in [3.63, 3.8) is 0 Å². The quantitative estimate of drug-likeness (QED) is 0.427. The van der Waals surface area contributed by atoms with Crippen LogP contribution in [-0.4, -0.2) is 52.1 Å². The zero-order valence-electron chi connectivity index (χ0n) is 8.25. The number of carboxylic acid groups (broad SMARTS) is 2. The van der Waals surface area contributed by atoms with E-state index in [1.165, 1.54) is 7.05 Å². The van der Waals surface area contributed by atoms with E-state index >= 15 is 0 Å². The third kappa shape index (κ3) is 2.00. The van der Waals surface area contributed by atoms with Crippen LogP contribution < -0.4 is 5.73 Å². The van der Waals surface area contributed by atoms with E-state index in [1.807, 2.05) is 0 Å². The maximum Gasteiger partial charge on any atom is 0.408 e. The molecule has 1 heterocycles. The first-order valence-electron chi connectivity index (χ1n) is 4.45. The molecule has 7 nitrogen and oxygen atoms in total. The van der Waals surface area contributed by atoms with Gasteiger partial charge in [-0.25, -0.2) is 9.59 Å². The smallest absolute Gasteiger partial charge is 0.408 e. The van der Waals surface area contributed by atoms with Gasteiger partial charge in [0.1, 0.15) is 11.9 Å². The van der Waals surface area contributed by atoms with Gasteiger partial charge in [-0.3, -0.25) is 9.89 Å². The van der Waals surface area contributed by atoms with E-state index in [2.05, 4.69) is 4.99 Å². The maximum atomic E-state index is 10.9. The van der Waals surface area contributed by atoms with Gasteiger partial charge in [-0.1, -0.05) is 0 Å². The van der Waals surface area contributed by atoms with Crippen molar-refractivity contribution in [3.05, 3.63) is 0 Å². The minimum absolute atomic E-state index is 0.154. The molecule has 0 aliphatic carbocycles. The molecule has 0 aromatic heterocycles. The van der Waals surface area contributed by atoms with Crippen LogP contribution in [0.3, 0.4) is 0 Å². The van der Waals surface area contributed by atoms with Gasteiger partial charge in [0.15, 0.2) is 0 Å². The Morgan fingerprint density at radius 2 is 1.87 bits per heavy atom. The molecule has 15 heavy (non-hydrogen) atoms. The summed E-state index contributed by atoms with van der Waals surface area (Å²) in [6.45, 7) is 0. The first kappa shape index (κ1) is 11.3. The molecule has 1 rings (SSSR count). The zero-order valence-corrected chi connectivity index (χ0v) is 8.25. The summed E-state index contributed by atoms with van der Waals surface area (Å²) in [5.74, 6) is -0.995. The van der Waals surface area contributed by atoms with Gasteiger partial charge in [0.05, 0.1) is 6.04 Å². The van der Waals surface area contributed by atoms with Crippen molar-refractivity contribution in [2.75, 3.05) is 7.05 Å². The Kier molecular flexibility index (Phi) is 3.13. The van der Waals surface area contributed by atoms with Crippen molar-refractivity contribution < 1.29 is 19.8 Å². The van der Waals surface area contributed by atoms with Crippen LogP contribution in [-0.2, 0) is 4.79 Å². The number of hydrogen-bond donors (Lipinski definition) is 3. The fourth-order valence-electron chi connectivity index (χ4n) is 1.76. The lowest BCUT2D eigenvalue weighted by Gasteiger charge is -2.24. The Hall–Kier alpha value is -1.79. The number of amides is 1. The molecule has 1 amide bonds. The molecule has 1 fully saturated rings. The van der Waals surface area contributed by atoms with Gasteiger partial charge in [-0.2, -0.15) is 0 Å². The lowest BCUT2D eigenvalue weighted by molar-refractivity contribution is -0.141. The second-order valence-electron chi connectivity index (χ2n) is 3.29. The molecule has 0 radical (unpaired) electrons. The molecule has 1 aliphatic heterocycles. The minimum Gasteiger partial charge on any atom is -0.480 e. The predicted octanol–water partition coefficient (Wildman–Crippen LogP) is -0.431. The van der Waals surface area contributed by atoms with E-state index in [0.717, 1.165) is 4.90 Å². The Balaban J connectivity index is 2.94. The zero-order chi connectivity index (χ0) is 11.6. The Morgan fingerprint density at radius 3 is 2.27 bits per heavy atom. The first-order valence-corrected chi connectivity index (χ1v) is 4.45. The van der Waals surface area contributed by atoms with Crippen LogP contribution in [0.15, 0.2) is 4.99 Å². The summed E-state index contributed by atoms with van der Waals surface area (Å²) in [4.78, 5) is 26.2. The third-order valence-corrected chi connectivity index (χ3v) is 2.49. The van der Waals surface area contributed by atoms with Crippen molar-refractivity contribution in [2.24, 2.45) is 10.7 Å². The summed E-state index contributed by atoms with van der Waals surface area (Å²) in [5, 5.41) is 17.7. The normalized spacial score (nSPS) is 26.7. The number of aliphatic imine (C=N–C) groups is 1. The highest BCUT2D eigenvalue weighted by Gasteiger charge is 2.42. The van der Waals surface area contributed by atoms with Crippen LogP contribution in [0, 0.1) is 0 Å². The van der Waals surface area contributed by atoms with Crippen molar-refractivity contribution in [3.8, 4) is 0 Å². The molecule has 4 N–H and O–H groups in total. The highest BCUT2D eigenvalue weighted by atomic mass is 16.4. The Bertz CT molecular complexity index is 315. The van der Waals surface area contributed by atoms with Gasteiger partial charge in [0.25, 0.3) is 0 Å². The fraction of sp³-hybridized carbons (Fsp3) is 0.625. The molecule has 0 bridgehead atoms. The first-order chi connectivity index (χ1) is 6.99. The molecule has 0 saturated carbocycles. The number of amidine groups is 1. The fourth-order valence-corrected chi connectivity index (χ4v) is 1.76. The molecular formula is C8H13N3O4. The molecule has 2 unspecified atom stereocenters. The molecule has 7 heteroatoms. The minimum atomic E-state index is -1.28. The van der Waals surface area contributed by atoms with Gasteiger partial charge in [-0.15, -0.1) is 0 Å². The number of nitrogens with two attached hydrogens (primary N) is 1. The van der Waals surface area contributed by atoms with Crippen molar-refractivity contribution in [1.82, 2.24) is 4.90 Å². The summed E-state index contributed by atoms with van der Waals surface area (Å²) < 4.78 is 0. The van der Waals surface area contributed by atoms with Gasteiger partial charge in [0.2, 0.25) is 0 Å². The van der Waals surface area contributed by atoms with Crippen LogP contribution in [0.4, 0.5) is 4.79 Å². The summed E-state index contributed by atoms with van der Waals surface area (Å²) in [6.07, 6.45) is -0.619. The standard InChI is InChI=1S/C8H13N3O4/c1-10-6(9)4-2-3-5(7(12)13)11(4)8(14)15/h4-5H,2-3H2,1H3,(H2,9,10)(H,12,13)(H,14,15). The van der Waals surface area contributed by atoms with Gasteiger partial charge >= 0.3 is 12.1 Å². The molecule has 2 atom stereocenters. The van der Waals surface area contributed by atoms with Gasteiger partial charge < -0.3 is 15.9 Å². The van der Waals surface area contributed by atoms with Crippen LogP contribution in [0.2, 0.25) is 0 Å². The van der Waals surface area contributed by atoms with E-state index in [9.17, 15) is 9.59 Å². The van der Waals surface area contributed by atoms with Crippen LogP contribution >= 0.6 is 0 Å². The highest BCUT2D eigenvalue weighted by molar-refractivity contribution is 5.91. The van der Waals surface area contributed by atoms with Crippen molar-refractivity contribution in [2.45, 2.75) is 24.9 Å². The number of carbonyl (C=O) groups is 2. The largest absolute Gasteiger partial charge is 0.480 e. The number of nitrogens with zero attached hydrogens (tertiary/aromatic N) is 2. The third-order valence-electron chi connectivity index (χ3n) is 2.49. The number of aliphatic carboxylic acids is 1. The second-order valence-corrected chi connectivity index (χ2v) is 3.29. The van der Waals surface area contributed by atoms with E-state index in [-0.39, 0.29) is 12.3 Å². The predicted molar refractivity (Wildman–Crippen MR) is 51.9 cm³/mol. The van der Waals surface area contributed by atoms with Crippen LogP contribution in [0.5, 0.6) is 0 Å². The van der Waals surface area contributed by atoms with E-state index < -0.39 is 24.1 Å². The Labute approximate surface area is 86.2 Å². The molecular weight excluding hydrogens is 202 g/mol. The highest BCUT2D eigenvalue weighted by Crippen LogP contribution is 2.24. The topological polar surface area (TPSA) is 116 Å². The Morgan fingerprint density at radius 1 is 1.33 bits per heavy atom. The molecule has 0 aromatic rings. The molecule has 0 aromatic carbocycles. The summed E-state index contributed by atoms with van der Waals surface area (Å²) in [5.41, 5.74) is 5.52. The maximum absolute atomic E-state index is 10.9. The summed E-state index contributed by atoms with van der Waals surface area (Å²) in [7, 11) is 1.45. The number of likely N-dealkylation sites (tertiary alicyclic amines) is 1. The van der Waals surface area contributed by atoms with Crippen LogP contribution in [0.25, 0.3) is 0 Å². The summed E-state index contributed by atoms with van der Waals surface area (Å²) >= 11 is 0. The summed E-state index contributed by atoms with van der Waals surface area (Å²) in [6, 6.07) is -1.64. The molecule has 0 spiro atoms. The number of carboxylic acids is 1.